The second-order valence-electron chi connectivity index (χ2n) is 9.34. The van der Waals surface area contributed by atoms with Crippen LogP contribution >= 0.6 is 0 Å². The van der Waals surface area contributed by atoms with Gasteiger partial charge in [0, 0.05) is 41.2 Å². The average Bonchev–Trinajstić information content (AvgIpc) is 2.90. The van der Waals surface area contributed by atoms with Crippen molar-refractivity contribution in [1.29, 1.82) is 5.26 Å². The molecule has 4 aromatic rings. The van der Waals surface area contributed by atoms with Crippen molar-refractivity contribution in [1.82, 2.24) is 9.55 Å². The standard InChI is InChI=1S/C31H32N4O2/c1-6-37-30-28(15-11-16-29(30)35(21(2)3)22(4)5)34-20-24(27-14-9-10-17-33-27)18-26(31(34)36)25-13-8-7-12-23(25)19-32/h7-18,20-22H,6H2,1-5H3. The number of benzene rings is 2. The van der Waals surface area contributed by atoms with Crippen molar-refractivity contribution in [2.24, 2.45) is 0 Å². The Morgan fingerprint density at radius 1 is 0.973 bits per heavy atom. The Labute approximate surface area is 218 Å². The minimum absolute atomic E-state index is 0.226. The topological polar surface area (TPSA) is 71.2 Å². The van der Waals surface area contributed by atoms with Gasteiger partial charge in [-0.2, -0.15) is 5.26 Å². The molecule has 0 amide bonds. The summed E-state index contributed by atoms with van der Waals surface area (Å²) < 4.78 is 7.85. The van der Waals surface area contributed by atoms with Gasteiger partial charge >= 0.3 is 0 Å². The lowest BCUT2D eigenvalue weighted by atomic mass is 9.99. The Balaban J connectivity index is 2.07. The molecule has 0 bridgehead atoms. The molecule has 0 atom stereocenters. The summed E-state index contributed by atoms with van der Waals surface area (Å²) in [6, 6.07) is 23.2. The van der Waals surface area contributed by atoms with Crippen molar-refractivity contribution in [3.63, 3.8) is 0 Å². The molecule has 0 N–H and O–H groups in total. The fraction of sp³-hybridized carbons (Fsp3) is 0.258. The van der Waals surface area contributed by atoms with E-state index >= 15 is 0 Å². The van der Waals surface area contributed by atoms with E-state index in [2.05, 4.69) is 43.6 Å². The number of hydrogen-bond donors (Lipinski definition) is 0. The summed E-state index contributed by atoms with van der Waals surface area (Å²) in [4.78, 5) is 20.9. The normalized spacial score (nSPS) is 11.0. The molecule has 0 saturated carbocycles. The van der Waals surface area contributed by atoms with Gasteiger partial charge in [-0.3, -0.25) is 14.3 Å². The van der Waals surface area contributed by atoms with Crippen LogP contribution in [0.15, 0.2) is 83.9 Å². The Kier molecular flexibility index (Phi) is 7.74. The molecule has 2 heterocycles. The lowest BCUT2D eigenvalue weighted by Crippen LogP contribution is -2.37. The Morgan fingerprint density at radius 3 is 2.35 bits per heavy atom. The van der Waals surface area contributed by atoms with Crippen LogP contribution in [0.25, 0.3) is 28.1 Å². The summed E-state index contributed by atoms with van der Waals surface area (Å²) in [5.41, 5.74) is 4.28. The zero-order valence-corrected chi connectivity index (χ0v) is 22.0. The minimum Gasteiger partial charge on any atom is -0.489 e. The number of rotatable bonds is 8. The Bertz CT molecular complexity index is 1480. The molecule has 188 valence electrons. The lowest BCUT2D eigenvalue weighted by Gasteiger charge is -2.35. The van der Waals surface area contributed by atoms with Gasteiger partial charge in [0.1, 0.15) is 0 Å². The van der Waals surface area contributed by atoms with Crippen LogP contribution in [0.3, 0.4) is 0 Å². The molecule has 0 aliphatic rings. The van der Waals surface area contributed by atoms with Crippen molar-refractivity contribution >= 4 is 5.69 Å². The monoisotopic (exact) mass is 492 g/mol. The van der Waals surface area contributed by atoms with Gasteiger partial charge < -0.3 is 9.64 Å². The summed E-state index contributed by atoms with van der Waals surface area (Å²) in [6.45, 7) is 11.0. The highest BCUT2D eigenvalue weighted by atomic mass is 16.5. The number of ether oxygens (including phenoxy) is 1. The second-order valence-corrected chi connectivity index (χ2v) is 9.34. The predicted molar refractivity (Wildman–Crippen MR) is 149 cm³/mol. The van der Waals surface area contributed by atoms with E-state index in [0.29, 0.717) is 34.7 Å². The fourth-order valence-corrected chi connectivity index (χ4v) is 4.79. The van der Waals surface area contributed by atoms with Crippen molar-refractivity contribution in [3.05, 3.63) is 95.0 Å². The third-order valence-electron chi connectivity index (χ3n) is 6.23. The Morgan fingerprint density at radius 2 is 1.70 bits per heavy atom. The molecule has 6 heteroatoms. The fourth-order valence-electron chi connectivity index (χ4n) is 4.79. The van der Waals surface area contributed by atoms with E-state index in [9.17, 15) is 10.1 Å². The summed E-state index contributed by atoms with van der Waals surface area (Å²) in [6.07, 6.45) is 3.53. The van der Waals surface area contributed by atoms with E-state index in [4.69, 9.17) is 4.74 Å². The van der Waals surface area contributed by atoms with E-state index < -0.39 is 0 Å². The van der Waals surface area contributed by atoms with Gasteiger partial charge in [0.15, 0.2) is 5.75 Å². The van der Waals surface area contributed by atoms with Gasteiger partial charge in [-0.25, -0.2) is 0 Å². The van der Waals surface area contributed by atoms with E-state index in [1.54, 1.807) is 35.2 Å². The molecule has 0 fully saturated rings. The first-order chi connectivity index (χ1) is 17.9. The lowest BCUT2D eigenvalue weighted by molar-refractivity contribution is 0.337. The first kappa shape index (κ1) is 25.7. The molecular formula is C31H32N4O2. The summed E-state index contributed by atoms with van der Waals surface area (Å²) in [7, 11) is 0. The van der Waals surface area contributed by atoms with Gasteiger partial charge in [0.2, 0.25) is 0 Å². The molecule has 0 saturated heterocycles. The van der Waals surface area contributed by atoms with Gasteiger partial charge in [0.25, 0.3) is 5.56 Å². The van der Waals surface area contributed by atoms with Crippen LogP contribution in [-0.2, 0) is 0 Å². The minimum atomic E-state index is -0.235. The summed E-state index contributed by atoms with van der Waals surface area (Å²) in [5.74, 6) is 0.646. The number of para-hydroxylation sites is 1. The summed E-state index contributed by atoms with van der Waals surface area (Å²) >= 11 is 0. The van der Waals surface area contributed by atoms with Crippen LogP contribution in [-0.4, -0.2) is 28.2 Å². The van der Waals surface area contributed by atoms with Crippen LogP contribution in [0.5, 0.6) is 5.75 Å². The van der Waals surface area contributed by atoms with E-state index in [-0.39, 0.29) is 17.6 Å². The Hall–Kier alpha value is -4.37. The molecular weight excluding hydrogens is 460 g/mol. The maximum Gasteiger partial charge on any atom is 0.263 e. The first-order valence-electron chi connectivity index (χ1n) is 12.6. The van der Waals surface area contributed by atoms with Crippen LogP contribution in [0.1, 0.15) is 40.2 Å². The molecule has 0 aliphatic carbocycles. The van der Waals surface area contributed by atoms with Crippen LogP contribution < -0.4 is 15.2 Å². The number of aromatic nitrogens is 2. The number of nitrogens with zero attached hydrogens (tertiary/aromatic N) is 4. The molecule has 0 aliphatic heterocycles. The third kappa shape index (κ3) is 5.12. The van der Waals surface area contributed by atoms with Crippen molar-refractivity contribution in [2.45, 2.75) is 46.7 Å². The average molecular weight is 493 g/mol. The number of pyridine rings is 2. The highest BCUT2D eigenvalue weighted by Gasteiger charge is 2.23. The third-order valence-corrected chi connectivity index (χ3v) is 6.23. The van der Waals surface area contributed by atoms with Crippen molar-refractivity contribution < 1.29 is 4.74 Å². The molecule has 6 nitrogen and oxygen atoms in total. The van der Waals surface area contributed by atoms with E-state index in [0.717, 1.165) is 16.9 Å². The zero-order valence-electron chi connectivity index (χ0n) is 22.0. The maximum atomic E-state index is 14.1. The first-order valence-corrected chi connectivity index (χ1v) is 12.6. The zero-order chi connectivity index (χ0) is 26.5. The summed E-state index contributed by atoms with van der Waals surface area (Å²) in [5, 5.41) is 9.76. The van der Waals surface area contributed by atoms with Crippen LogP contribution in [0.4, 0.5) is 5.69 Å². The number of hydrogen-bond acceptors (Lipinski definition) is 5. The quantitative estimate of drug-likeness (QED) is 0.282. The molecule has 0 spiro atoms. The number of nitriles is 1. The van der Waals surface area contributed by atoms with Gasteiger partial charge in [-0.1, -0.05) is 30.3 Å². The van der Waals surface area contributed by atoms with Gasteiger partial charge in [-0.15, -0.1) is 0 Å². The SMILES string of the molecule is CCOc1c(N(C(C)C)C(C)C)cccc1-n1cc(-c2ccccn2)cc(-c2ccccc2C#N)c1=O. The smallest absolute Gasteiger partial charge is 0.263 e. The molecule has 2 aromatic carbocycles. The molecule has 37 heavy (non-hydrogen) atoms. The largest absolute Gasteiger partial charge is 0.489 e. The maximum absolute atomic E-state index is 14.1. The van der Waals surface area contributed by atoms with Crippen LogP contribution in [0, 0.1) is 11.3 Å². The van der Waals surface area contributed by atoms with Crippen molar-refractivity contribution in [3.8, 4) is 39.9 Å². The van der Waals surface area contributed by atoms with E-state index in [1.807, 2.05) is 55.5 Å². The van der Waals surface area contributed by atoms with E-state index in [1.165, 1.54) is 0 Å². The second kappa shape index (κ2) is 11.1. The molecule has 0 radical (unpaired) electrons. The molecule has 4 rings (SSSR count). The predicted octanol–water partition coefficient (Wildman–Crippen LogP) is 6.46. The van der Waals surface area contributed by atoms with Gasteiger partial charge in [-0.05, 0) is 71.0 Å². The highest BCUT2D eigenvalue weighted by molar-refractivity contribution is 5.76. The van der Waals surface area contributed by atoms with Crippen LogP contribution in [0.2, 0.25) is 0 Å². The molecule has 0 unspecified atom stereocenters. The molecule has 2 aromatic heterocycles. The van der Waals surface area contributed by atoms with Crippen molar-refractivity contribution in [2.75, 3.05) is 11.5 Å². The highest BCUT2D eigenvalue weighted by Crippen LogP contribution is 2.37. The van der Waals surface area contributed by atoms with Gasteiger partial charge in [0.05, 0.1) is 35.3 Å². The number of anilines is 1.